The minimum absolute atomic E-state index is 0.205. The second kappa shape index (κ2) is 4.63. The topological polar surface area (TPSA) is 42.2 Å². The van der Waals surface area contributed by atoms with Crippen molar-refractivity contribution < 1.29 is 4.42 Å². The summed E-state index contributed by atoms with van der Waals surface area (Å²) in [6.07, 6.45) is 4.80. The number of nitrogens with one attached hydrogen (secondary N) is 1. The van der Waals surface area contributed by atoms with Crippen LogP contribution in [0.4, 0.5) is 0 Å². The van der Waals surface area contributed by atoms with Gasteiger partial charge in [-0.25, -0.2) is 4.79 Å². The molecule has 0 amide bonds. The van der Waals surface area contributed by atoms with E-state index in [1.807, 2.05) is 12.1 Å². The summed E-state index contributed by atoms with van der Waals surface area (Å²) >= 11 is 1.22. The summed E-state index contributed by atoms with van der Waals surface area (Å²) in [5, 5.41) is 3.53. The molecule has 3 rings (SSSR count). The van der Waals surface area contributed by atoms with Crippen LogP contribution in [-0.2, 0) is 6.42 Å². The first-order valence-corrected chi connectivity index (χ1v) is 6.89. The van der Waals surface area contributed by atoms with E-state index in [1.165, 1.54) is 36.2 Å². The third-order valence-electron chi connectivity index (χ3n) is 3.32. The van der Waals surface area contributed by atoms with E-state index < -0.39 is 0 Å². The van der Waals surface area contributed by atoms with Gasteiger partial charge in [0.15, 0.2) is 0 Å². The summed E-state index contributed by atoms with van der Waals surface area (Å²) in [6, 6.07) is 6.48. The van der Waals surface area contributed by atoms with Gasteiger partial charge < -0.3 is 9.73 Å². The lowest BCUT2D eigenvalue weighted by molar-refractivity contribution is 0.400. The van der Waals surface area contributed by atoms with E-state index in [4.69, 9.17) is 4.42 Å². The summed E-state index contributed by atoms with van der Waals surface area (Å²) in [7, 11) is 0. The number of hydrogen-bond donors (Lipinski definition) is 1. The van der Waals surface area contributed by atoms with Gasteiger partial charge in [0, 0.05) is 6.04 Å². The van der Waals surface area contributed by atoms with Gasteiger partial charge in [0.25, 0.3) is 0 Å². The van der Waals surface area contributed by atoms with Crippen molar-refractivity contribution in [1.29, 1.82) is 0 Å². The monoisotopic (exact) mass is 249 g/mol. The van der Waals surface area contributed by atoms with Crippen molar-refractivity contribution in [3.8, 4) is 0 Å². The van der Waals surface area contributed by atoms with E-state index >= 15 is 0 Å². The predicted molar refractivity (Wildman–Crippen MR) is 69.7 cm³/mol. The van der Waals surface area contributed by atoms with Gasteiger partial charge in [-0.1, -0.05) is 29.9 Å². The molecule has 1 aromatic heterocycles. The second-order valence-corrected chi connectivity index (χ2v) is 5.50. The molecule has 2 heterocycles. The van der Waals surface area contributed by atoms with Crippen molar-refractivity contribution in [2.24, 2.45) is 0 Å². The van der Waals surface area contributed by atoms with Gasteiger partial charge in [0.1, 0.15) is 5.58 Å². The maximum atomic E-state index is 11.3. The third kappa shape index (κ3) is 2.28. The van der Waals surface area contributed by atoms with Crippen LogP contribution in [0.2, 0.25) is 0 Å². The summed E-state index contributed by atoms with van der Waals surface area (Å²) in [4.78, 5) is 11.1. The lowest BCUT2D eigenvalue weighted by Crippen LogP contribution is -2.35. The molecule has 1 N–H and O–H groups in total. The molecule has 1 aliphatic heterocycles. The molecule has 17 heavy (non-hydrogen) atoms. The summed E-state index contributed by atoms with van der Waals surface area (Å²) in [5.74, 6) is 0. The largest absolute Gasteiger partial charge is 0.414 e. The van der Waals surface area contributed by atoms with Gasteiger partial charge in [-0.3, -0.25) is 0 Å². The standard InChI is InChI=1S/C13H15NO2S/c15-13-16-11-6-3-4-9(12(11)17-13)8-10-5-1-2-7-14-10/h3-4,6,10,14H,1-2,5,7-8H2. The molecule has 90 valence electrons. The van der Waals surface area contributed by atoms with Gasteiger partial charge in [0.05, 0.1) is 4.70 Å². The first-order chi connectivity index (χ1) is 8.33. The molecule has 0 radical (unpaired) electrons. The normalized spacial score (nSPS) is 20.8. The third-order valence-corrected chi connectivity index (χ3v) is 4.24. The van der Waals surface area contributed by atoms with Crippen molar-refractivity contribution in [2.75, 3.05) is 6.54 Å². The Morgan fingerprint density at radius 3 is 3.18 bits per heavy atom. The second-order valence-electron chi connectivity index (χ2n) is 4.55. The summed E-state index contributed by atoms with van der Waals surface area (Å²) in [6.45, 7) is 1.11. The van der Waals surface area contributed by atoms with Crippen molar-refractivity contribution in [2.45, 2.75) is 31.7 Å². The van der Waals surface area contributed by atoms with Crippen molar-refractivity contribution >= 4 is 21.6 Å². The Hall–Kier alpha value is -1.13. The number of hydrogen-bond acceptors (Lipinski definition) is 4. The Bertz CT molecular complexity index is 566. The van der Waals surface area contributed by atoms with Gasteiger partial charge in [-0.05, 0) is 37.4 Å². The van der Waals surface area contributed by atoms with Crippen LogP contribution in [0.15, 0.2) is 27.4 Å². The fourth-order valence-corrected chi connectivity index (χ4v) is 3.27. The minimum Gasteiger partial charge on any atom is -0.414 e. The highest BCUT2D eigenvalue weighted by Crippen LogP contribution is 2.24. The van der Waals surface area contributed by atoms with Gasteiger partial charge in [0.2, 0.25) is 0 Å². The average molecular weight is 249 g/mol. The summed E-state index contributed by atoms with van der Waals surface area (Å²) in [5.41, 5.74) is 1.96. The van der Waals surface area contributed by atoms with Crippen LogP contribution in [0.5, 0.6) is 0 Å². The molecular formula is C13H15NO2S. The van der Waals surface area contributed by atoms with Crippen LogP contribution in [0, 0.1) is 0 Å². The Balaban J connectivity index is 1.91. The fourth-order valence-electron chi connectivity index (χ4n) is 2.48. The molecule has 1 atom stereocenters. The molecule has 0 bridgehead atoms. The first kappa shape index (κ1) is 11.0. The molecule has 1 unspecified atom stereocenters. The van der Waals surface area contributed by atoms with Gasteiger partial charge in [-0.2, -0.15) is 0 Å². The van der Waals surface area contributed by atoms with Crippen LogP contribution >= 0.6 is 11.3 Å². The first-order valence-electron chi connectivity index (χ1n) is 6.08. The predicted octanol–water partition coefficient (Wildman–Crippen LogP) is 2.54. The van der Waals surface area contributed by atoms with Crippen LogP contribution in [0.1, 0.15) is 24.8 Å². The van der Waals surface area contributed by atoms with E-state index in [-0.39, 0.29) is 4.94 Å². The van der Waals surface area contributed by atoms with E-state index in [0.29, 0.717) is 6.04 Å². The van der Waals surface area contributed by atoms with Crippen LogP contribution in [-0.4, -0.2) is 12.6 Å². The Kier molecular flexibility index (Phi) is 2.99. The molecular weight excluding hydrogens is 234 g/mol. The smallest absolute Gasteiger partial charge is 0.396 e. The number of piperidine rings is 1. The highest BCUT2D eigenvalue weighted by Gasteiger charge is 2.15. The molecule has 1 saturated heterocycles. The number of fused-ring (bicyclic) bond motifs is 1. The van der Waals surface area contributed by atoms with E-state index in [9.17, 15) is 4.79 Å². The number of rotatable bonds is 2. The van der Waals surface area contributed by atoms with Crippen molar-refractivity contribution in [3.63, 3.8) is 0 Å². The van der Waals surface area contributed by atoms with E-state index in [1.54, 1.807) is 0 Å². The molecule has 0 spiro atoms. The zero-order valence-electron chi connectivity index (χ0n) is 9.57. The molecule has 1 aliphatic rings. The quantitative estimate of drug-likeness (QED) is 0.889. The number of benzene rings is 1. The molecule has 1 aromatic carbocycles. The van der Waals surface area contributed by atoms with Crippen LogP contribution in [0.3, 0.4) is 0 Å². The minimum atomic E-state index is -0.205. The van der Waals surface area contributed by atoms with Crippen LogP contribution in [0.25, 0.3) is 10.3 Å². The molecule has 1 fully saturated rings. The molecule has 4 heteroatoms. The van der Waals surface area contributed by atoms with E-state index in [0.717, 1.165) is 23.2 Å². The summed E-state index contributed by atoms with van der Waals surface area (Å²) < 4.78 is 6.16. The zero-order chi connectivity index (χ0) is 11.7. The fraction of sp³-hybridized carbons (Fsp3) is 0.462. The van der Waals surface area contributed by atoms with Gasteiger partial charge in [-0.15, -0.1) is 0 Å². The Labute approximate surface area is 103 Å². The lowest BCUT2D eigenvalue weighted by atomic mass is 9.98. The highest BCUT2D eigenvalue weighted by atomic mass is 32.1. The van der Waals surface area contributed by atoms with Gasteiger partial charge >= 0.3 is 4.94 Å². The Morgan fingerprint density at radius 1 is 1.41 bits per heavy atom. The SMILES string of the molecule is O=c1oc2cccc(CC3CCCCN3)c2s1. The highest BCUT2D eigenvalue weighted by molar-refractivity contribution is 7.16. The Morgan fingerprint density at radius 2 is 2.35 bits per heavy atom. The maximum absolute atomic E-state index is 11.3. The molecule has 0 aliphatic carbocycles. The van der Waals surface area contributed by atoms with E-state index in [2.05, 4.69) is 11.4 Å². The van der Waals surface area contributed by atoms with Crippen LogP contribution < -0.4 is 10.3 Å². The molecule has 3 nitrogen and oxygen atoms in total. The zero-order valence-corrected chi connectivity index (χ0v) is 10.4. The average Bonchev–Trinajstić information content (AvgIpc) is 2.72. The maximum Gasteiger partial charge on any atom is 0.396 e. The molecule has 2 aromatic rings. The van der Waals surface area contributed by atoms with Crippen molar-refractivity contribution in [3.05, 3.63) is 33.5 Å². The van der Waals surface area contributed by atoms with Crippen molar-refractivity contribution in [1.82, 2.24) is 5.32 Å². The lowest BCUT2D eigenvalue weighted by Gasteiger charge is -2.23. The molecule has 0 saturated carbocycles.